The van der Waals surface area contributed by atoms with Crippen LogP contribution in [-0.2, 0) is 29.1 Å². The van der Waals surface area contributed by atoms with E-state index in [0.29, 0.717) is 19.6 Å². The zero-order chi connectivity index (χ0) is 21.1. The molecule has 2 aromatic rings. The first-order valence-corrected chi connectivity index (χ1v) is 10.6. The van der Waals surface area contributed by atoms with E-state index in [4.69, 9.17) is 9.47 Å². The summed E-state index contributed by atoms with van der Waals surface area (Å²) in [6, 6.07) is 12.1. The van der Waals surface area contributed by atoms with Crippen LogP contribution in [0.5, 0.6) is 11.5 Å². The highest BCUT2D eigenvalue weighted by Gasteiger charge is 2.34. The fourth-order valence-electron chi connectivity index (χ4n) is 4.19. The van der Waals surface area contributed by atoms with E-state index in [1.54, 1.807) is 0 Å². The molecule has 2 aliphatic rings. The lowest BCUT2D eigenvalue weighted by molar-refractivity contribution is -0.132. The fraction of sp³-hybridized carbons (Fsp3) is 0.417. The summed E-state index contributed by atoms with van der Waals surface area (Å²) in [5, 5.41) is 2.94. The molecule has 0 radical (unpaired) electrons. The summed E-state index contributed by atoms with van der Waals surface area (Å²) in [5.41, 5.74) is 3.49. The van der Waals surface area contributed by atoms with Crippen LogP contribution in [0.25, 0.3) is 0 Å². The number of hydrogen-bond donors (Lipinski definition) is 1. The average molecular weight is 408 g/mol. The Morgan fingerprint density at radius 2 is 1.87 bits per heavy atom. The minimum Gasteiger partial charge on any atom is -0.454 e. The molecule has 0 aromatic heterocycles. The lowest BCUT2D eigenvalue weighted by Crippen LogP contribution is -2.36. The zero-order valence-corrected chi connectivity index (χ0v) is 17.6. The van der Waals surface area contributed by atoms with Crippen molar-refractivity contribution in [1.29, 1.82) is 0 Å². The standard InChI is InChI=1S/C24H28N2O4/c1-3-24(4-2,15-27)23(28)25-20-7-5-6-17(10-20)13-26-9-8-18-11-21-22(30-16-29-21)12-19(18)14-26/h5-7,10-12,15H,3-4,8-9,13-14,16H2,1-2H3,(H,25,28). The molecule has 6 heteroatoms. The van der Waals surface area contributed by atoms with Crippen molar-refractivity contribution < 1.29 is 19.1 Å². The molecule has 0 spiro atoms. The number of aldehydes is 1. The molecule has 0 saturated heterocycles. The number of fused-ring (bicyclic) bond motifs is 2. The van der Waals surface area contributed by atoms with E-state index in [1.165, 1.54) is 11.1 Å². The van der Waals surface area contributed by atoms with Gasteiger partial charge < -0.3 is 19.6 Å². The van der Waals surface area contributed by atoms with Gasteiger partial charge in [0.05, 0.1) is 0 Å². The maximum absolute atomic E-state index is 12.7. The molecule has 4 rings (SSSR count). The minimum atomic E-state index is -0.960. The number of anilines is 1. The topological polar surface area (TPSA) is 67.9 Å². The highest BCUT2D eigenvalue weighted by molar-refractivity contribution is 6.04. The SMILES string of the molecule is CCC(C=O)(CC)C(=O)Nc1cccc(CN2CCc3cc4c(cc3C2)OCO4)c1. The van der Waals surface area contributed by atoms with Crippen molar-refractivity contribution in [1.82, 2.24) is 4.90 Å². The first kappa shape index (κ1) is 20.4. The van der Waals surface area contributed by atoms with Crippen LogP contribution in [0.4, 0.5) is 5.69 Å². The van der Waals surface area contributed by atoms with Crippen LogP contribution in [0.3, 0.4) is 0 Å². The summed E-state index contributed by atoms with van der Waals surface area (Å²) in [6.07, 6.45) is 2.73. The van der Waals surface area contributed by atoms with Crippen LogP contribution in [-0.4, -0.2) is 30.4 Å². The second-order valence-electron chi connectivity index (χ2n) is 8.07. The third-order valence-electron chi connectivity index (χ3n) is 6.32. The predicted octanol–water partition coefficient (Wildman–Crippen LogP) is 3.92. The van der Waals surface area contributed by atoms with E-state index >= 15 is 0 Å². The molecule has 0 bridgehead atoms. The first-order valence-electron chi connectivity index (χ1n) is 10.6. The third-order valence-corrected chi connectivity index (χ3v) is 6.32. The molecule has 6 nitrogen and oxygen atoms in total. The van der Waals surface area contributed by atoms with Gasteiger partial charge in [0.2, 0.25) is 12.7 Å². The molecule has 0 saturated carbocycles. The summed E-state index contributed by atoms with van der Waals surface area (Å²) < 4.78 is 11.0. The van der Waals surface area contributed by atoms with Crippen molar-refractivity contribution in [3.8, 4) is 11.5 Å². The fourth-order valence-corrected chi connectivity index (χ4v) is 4.19. The Kier molecular flexibility index (Phi) is 5.77. The molecule has 158 valence electrons. The highest BCUT2D eigenvalue weighted by Crippen LogP contribution is 2.37. The Morgan fingerprint density at radius 1 is 1.13 bits per heavy atom. The smallest absolute Gasteiger partial charge is 0.237 e. The molecule has 30 heavy (non-hydrogen) atoms. The lowest BCUT2D eigenvalue weighted by Gasteiger charge is -2.29. The molecule has 0 atom stereocenters. The molecule has 2 aromatic carbocycles. The molecular weight excluding hydrogens is 380 g/mol. The second kappa shape index (κ2) is 8.48. The van der Waals surface area contributed by atoms with E-state index < -0.39 is 5.41 Å². The first-order chi connectivity index (χ1) is 14.6. The number of nitrogens with one attached hydrogen (secondary N) is 1. The van der Waals surface area contributed by atoms with E-state index in [0.717, 1.165) is 55.1 Å². The van der Waals surface area contributed by atoms with Crippen LogP contribution in [0.1, 0.15) is 43.4 Å². The van der Waals surface area contributed by atoms with Gasteiger partial charge in [-0.2, -0.15) is 0 Å². The van der Waals surface area contributed by atoms with E-state index in [-0.39, 0.29) is 5.91 Å². The molecule has 2 heterocycles. The van der Waals surface area contributed by atoms with Crippen LogP contribution in [0, 0.1) is 5.41 Å². The number of benzene rings is 2. The number of carbonyl (C=O) groups is 2. The molecular formula is C24H28N2O4. The van der Waals surface area contributed by atoms with Gasteiger partial charge in [0.25, 0.3) is 0 Å². The van der Waals surface area contributed by atoms with Crippen LogP contribution >= 0.6 is 0 Å². The van der Waals surface area contributed by atoms with E-state index in [2.05, 4.69) is 28.4 Å². The lowest BCUT2D eigenvalue weighted by atomic mass is 9.83. The minimum absolute atomic E-state index is 0.234. The summed E-state index contributed by atoms with van der Waals surface area (Å²) in [6.45, 7) is 6.63. The number of hydrogen-bond acceptors (Lipinski definition) is 5. The molecule has 2 aliphatic heterocycles. The number of nitrogens with zero attached hydrogens (tertiary/aromatic N) is 1. The second-order valence-corrected chi connectivity index (χ2v) is 8.07. The van der Waals surface area contributed by atoms with Gasteiger partial charge in [0.1, 0.15) is 11.7 Å². The number of carbonyl (C=O) groups excluding carboxylic acids is 2. The van der Waals surface area contributed by atoms with Crippen molar-refractivity contribution in [3.63, 3.8) is 0 Å². The van der Waals surface area contributed by atoms with Crippen molar-refractivity contribution in [3.05, 3.63) is 53.1 Å². The maximum Gasteiger partial charge on any atom is 0.237 e. The molecule has 1 N–H and O–H groups in total. The van der Waals surface area contributed by atoms with E-state index in [1.807, 2.05) is 32.0 Å². The van der Waals surface area contributed by atoms with Crippen molar-refractivity contribution in [2.45, 2.75) is 46.2 Å². The summed E-state index contributed by atoms with van der Waals surface area (Å²) in [5.74, 6) is 1.43. The van der Waals surface area contributed by atoms with Crippen LogP contribution in [0.15, 0.2) is 36.4 Å². The number of rotatable bonds is 7. The Bertz CT molecular complexity index is 952. The van der Waals surface area contributed by atoms with Gasteiger partial charge in [-0.3, -0.25) is 9.69 Å². The predicted molar refractivity (Wildman–Crippen MR) is 115 cm³/mol. The Hall–Kier alpha value is -2.86. The van der Waals surface area contributed by atoms with Gasteiger partial charge >= 0.3 is 0 Å². The van der Waals surface area contributed by atoms with E-state index in [9.17, 15) is 9.59 Å². The summed E-state index contributed by atoms with van der Waals surface area (Å²) in [4.78, 5) is 26.6. The van der Waals surface area contributed by atoms with Gasteiger partial charge in [-0.05, 0) is 60.2 Å². The third kappa shape index (κ3) is 3.92. The van der Waals surface area contributed by atoms with Crippen molar-refractivity contribution >= 4 is 17.9 Å². The zero-order valence-electron chi connectivity index (χ0n) is 17.6. The monoisotopic (exact) mass is 408 g/mol. The Labute approximate surface area is 177 Å². The van der Waals surface area contributed by atoms with Gasteiger partial charge in [0, 0.05) is 25.3 Å². The largest absolute Gasteiger partial charge is 0.454 e. The normalized spacial score (nSPS) is 15.5. The quantitative estimate of drug-likeness (QED) is 0.556. The van der Waals surface area contributed by atoms with Gasteiger partial charge in [0.15, 0.2) is 11.5 Å². The Morgan fingerprint density at radius 3 is 2.57 bits per heavy atom. The van der Waals surface area contributed by atoms with Gasteiger partial charge in [-0.1, -0.05) is 26.0 Å². The van der Waals surface area contributed by atoms with Crippen LogP contribution < -0.4 is 14.8 Å². The molecule has 0 unspecified atom stereocenters. The highest BCUT2D eigenvalue weighted by atomic mass is 16.7. The summed E-state index contributed by atoms with van der Waals surface area (Å²) >= 11 is 0. The summed E-state index contributed by atoms with van der Waals surface area (Å²) in [7, 11) is 0. The maximum atomic E-state index is 12.7. The molecule has 0 fully saturated rings. The van der Waals surface area contributed by atoms with Gasteiger partial charge in [-0.15, -0.1) is 0 Å². The number of amides is 1. The van der Waals surface area contributed by atoms with Crippen molar-refractivity contribution in [2.24, 2.45) is 5.41 Å². The Balaban J connectivity index is 1.44. The van der Waals surface area contributed by atoms with Crippen LogP contribution in [0.2, 0.25) is 0 Å². The average Bonchev–Trinajstić information content (AvgIpc) is 3.21. The van der Waals surface area contributed by atoms with Gasteiger partial charge in [-0.25, -0.2) is 0 Å². The van der Waals surface area contributed by atoms with Crippen molar-refractivity contribution in [2.75, 3.05) is 18.7 Å². The molecule has 1 amide bonds. The molecule has 0 aliphatic carbocycles. The number of ether oxygens (including phenoxy) is 2.